The summed E-state index contributed by atoms with van der Waals surface area (Å²) < 4.78 is 38.9. The first-order chi connectivity index (χ1) is 31.9. The maximum Gasteiger partial charge on any atom is 0.340 e. The number of rotatable bonds is 2. The number of ether oxygens (including phenoxy) is 7. The number of ketones is 1. The molecule has 27 heteroatoms. The molecule has 7 atom stereocenters. The molecule has 68 heavy (non-hydrogen) atoms. The maximum atomic E-state index is 14.6. The van der Waals surface area contributed by atoms with Gasteiger partial charge in [0, 0.05) is 16.7 Å². The number of fused-ring (bicyclic) bond motifs is 4. The van der Waals surface area contributed by atoms with E-state index in [9.17, 15) is 100 Å². The normalized spacial score (nSPS) is 25.7. The van der Waals surface area contributed by atoms with Crippen molar-refractivity contribution in [3.63, 3.8) is 0 Å². The molecule has 9 rings (SSSR count). The molecule has 0 amide bonds. The van der Waals surface area contributed by atoms with Gasteiger partial charge in [-0.3, -0.25) is 4.79 Å². The molecule has 6 bridgehead atoms. The van der Waals surface area contributed by atoms with Gasteiger partial charge in [-0.1, -0.05) is 0 Å². The summed E-state index contributed by atoms with van der Waals surface area (Å²) in [6.45, 7) is -1.31. The summed E-state index contributed by atoms with van der Waals surface area (Å²) in [6, 6.07) is 2.32. The second kappa shape index (κ2) is 14.8. The number of phenols is 11. The first-order valence-corrected chi connectivity index (χ1v) is 19.1. The fourth-order valence-electron chi connectivity index (χ4n) is 8.25. The molecule has 0 aromatic heterocycles. The minimum Gasteiger partial charge on any atom is -0.504 e. The lowest BCUT2D eigenvalue weighted by Crippen LogP contribution is -2.70. The van der Waals surface area contributed by atoms with Crippen molar-refractivity contribution in [1.82, 2.24) is 0 Å². The highest BCUT2D eigenvalue weighted by Gasteiger charge is 2.70. The summed E-state index contributed by atoms with van der Waals surface area (Å²) in [5.41, 5.74) is -8.48. The number of aliphatic hydroxyl groups is 3. The fraction of sp³-hybridized carbons (Fsp3) is 0.220. The van der Waals surface area contributed by atoms with Crippen molar-refractivity contribution >= 4 is 35.6 Å². The molecule has 1 aliphatic carbocycles. The van der Waals surface area contributed by atoms with E-state index in [0.717, 1.165) is 0 Å². The van der Waals surface area contributed by atoms with Crippen molar-refractivity contribution < 1.29 is 133 Å². The van der Waals surface area contributed by atoms with Crippen LogP contribution in [0.3, 0.4) is 0 Å². The zero-order valence-electron chi connectivity index (χ0n) is 33.2. The van der Waals surface area contributed by atoms with Crippen LogP contribution in [0.5, 0.6) is 69.0 Å². The average Bonchev–Trinajstić information content (AvgIpc) is 3.28. The molecule has 1 saturated heterocycles. The van der Waals surface area contributed by atoms with Crippen LogP contribution in [0, 0.1) is 0 Å². The Morgan fingerprint density at radius 3 is 1.68 bits per heavy atom. The molecule has 14 N–H and O–H groups in total. The van der Waals surface area contributed by atoms with Gasteiger partial charge < -0.3 is 105 Å². The number of hydrogen-bond donors (Lipinski definition) is 14. The number of aromatic hydroxyl groups is 11. The van der Waals surface area contributed by atoms with E-state index < -0.39 is 204 Å². The lowest BCUT2D eigenvalue weighted by molar-refractivity contribution is -0.339. The summed E-state index contributed by atoms with van der Waals surface area (Å²) in [6.07, 6.45) is -12.1. The number of phenolic OH excluding ortho intramolecular Hbond substituents is 11. The molecule has 4 aromatic rings. The molecule has 354 valence electrons. The topological polar surface area (TPSA) is 450 Å². The largest absolute Gasteiger partial charge is 0.504 e. The van der Waals surface area contributed by atoms with Crippen molar-refractivity contribution in [3.05, 3.63) is 69.8 Å². The molecular weight excluding hydrogens is 924 g/mol. The molecule has 4 heterocycles. The average molecular weight is 953 g/mol. The monoisotopic (exact) mass is 952 g/mol. The van der Waals surface area contributed by atoms with Crippen molar-refractivity contribution in [2.45, 2.75) is 48.2 Å². The van der Waals surface area contributed by atoms with Crippen LogP contribution in [-0.4, -0.2) is 156 Å². The Labute approximate surface area is 373 Å². The summed E-state index contributed by atoms with van der Waals surface area (Å²) in [4.78, 5) is 84.8. The second-order valence-electron chi connectivity index (χ2n) is 15.5. The zero-order chi connectivity index (χ0) is 49.4. The molecular formula is C41H28O27. The van der Waals surface area contributed by atoms with Gasteiger partial charge in [0.2, 0.25) is 35.4 Å². The van der Waals surface area contributed by atoms with E-state index >= 15 is 0 Å². The van der Waals surface area contributed by atoms with E-state index in [-0.39, 0.29) is 6.08 Å². The fourth-order valence-corrected chi connectivity index (χ4v) is 8.25. The number of benzene rings is 4. The predicted octanol–water partition coefficient (Wildman–Crippen LogP) is -1.10. The third kappa shape index (κ3) is 6.21. The van der Waals surface area contributed by atoms with Gasteiger partial charge in [-0.15, -0.1) is 0 Å². The zero-order valence-corrected chi connectivity index (χ0v) is 33.2. The summed E-state index contributed by atoms with van der Waals surface area (Å²) in [5, 5.41) is 150. The molecule has 1 unspecified atom stereocenters. The molecule has 5 aliphatic rings. The third-order valence-corrected chi connectivity index (χ3v) is 11.5. The molecule has 27 nitrogen and oxygen atoms in total. The van der Waals surface area contributed by atoms with Gasteiger partial charge in [0.25, 0.3) is 5.79 Å². The maximum absolute atomic E-state index is 14.6. The quantitative estimate of drug-likeness (QED) is 0.0491. The van der Waals surface area contributed by atoms with Crippen LogP contribution in [-0.2, 0) is 38.0 Å². The summed E-state index contributed by atoms with van der Waals surface area (Å²) in [7, 11) is 0. The summed E-state index contributed by atoms with van der Waals surface area (Å²) in [5.74, 6) is -36.5. The molecule has 4 aliphatic heterocycles. The van der Waals surface area contributed by atoms with Crippen molar-refractivity contribution in [1.29, 1.82) is 0 Å². The Hall–Kier alpha value is -8.92. The van der Waals surface area contributed by atoms with E-state index in [1.807, 2.05) is 0 Å². The number of carbonyl (C=O) groups excluding carboxylic acids is 6. The minimum absolute atomic E-state index is 0.264. The lowest BCUT2D eigenvalue weighted by atomic mass is 9.70. The standard InChI is InChI=1S/C41H28O27/c42-13-1-8(2-14(43)24(13)48)34(54)67-39-33-32-30(64-38(58)12-6-19(47)41(61)40(59,60)23(12)22-11(37(57)66-33)5-17(46)27(51)31(22)68-41)18(63-39)7-62-35(55)9-3-15(44)25(49)28(52)20(9)21-10(36(56)65-32)4-16(45)26(50)29(21)53/h1-6,18,23,30,32-33,39,42-46,48-53,59-61H,7H2/t18-,23?,30-,32-,33-,39+,41-/m1/s1. The smallest absolute Gasteiger partial charge is 0.340 e. The van der Waals surface area contributed by atoms with Crippen molar-refractivity contribution in [2.75, 3.05) is 6.61 Å². The van der Waals surface area contributed by atoms with E-state index in [4.69, 9.17) is 33.2 Å². The van der Waals surface area contributed by atoms with Crippen LogP contribution in [0.4, 0.5) is 0 Å². The van der Waals surface area contributed by atoms with Gasteiger partial charge in [-0.25, -0.2) is 24.0 Å². The van der Waals surface area contributed by atoms with Gasteiger partial charge >= 0.3 is 35.6 Å². The highest BCUT2D eigenvalue weighted by Crippen LogP contribution is 2.59. The Morgan fingerprint density at radius 2 is 1.07 bits per heavy atom. The SMILES string of the molecule is O=C1O[C@H]2[C@H]3OC(=O)c4cc(O)c(O)c(O)c4-c4c(cc(O)c(O)c4O)C(=O)OC[C@H]2O[C@@H](OC(=O)c2cc(O)c(O)c(O)c2)[C@@H]3OC(=O)c2cc(O)c(O)c3c2C2C1=CC(=O)[C@@](O)(O3)C2(O)O. The van der Waals surface area contributed by atoms with Crippen LogP contribution in [0.15, 0.2) is 42.0 Å². The van der Waals surface area contributed by atoms with E-state index in [1.54, 1.807) is 0 Å². The van der Waals surface area contributed by atoms with Crippen LogP contribution in [0.25, 0.3) is 11.1 Å². The second-order valence-corrected chi connectivity index (χ2v) is 15.5. The number of carbonyl (C=O) groups is 6. The van der Waals surface area contributed by atoms with Crippen molar-refractivity contribution in [2.24, 2.45) is 0 Å². The Balaban J connectivity index is 1.30. The first kappa shape index (κ1) is 44.3. The van der Waals surface area contributed by atoms with Gasteiger partial charge in [-0.2, -0.15) is 0 Å². The Kier molecular flexibility index (Phi) is 9.64. The summed E-state index contributed by atoms with van der Waals surface area (Å²) >= 11 is 0. The van der Waals surface area contributed by atoms with E-state index in [2.05, 4.69) is 0 Å². The lowest BCUT2D eigenvalue weighted by Gasteiger charge is -2.49. The minimum atomic E-state index is -3.98. The molecule has 0 spiro atoms. The number of esters is 5. The van der Waals surface area contributed by atoms with Gasteiger partial charge in [0.05, 0.1) is 33.7 Å². The predicted molar refractivity (Wildman–Crippen MR) is 204 cm³/mol. The van der Waals surface area contributed by atoms with Crippen LogP contribution >= 0.6 is 0 Å². The van der Waals surface area contributed by atoms with E-state index in [0.29, 0.717) is 30.3 Å². The molecule has 4 aromatic carbocycles. The molecule has 1 fully saturated rings. The van der Waals surface area contributed by atoms with Crippen LogP contribution in [0.1, 0.15) is 52.9 Å². The van der Waals surface area contributed by atoms with E-state index in [1.165, 1.54) is 0 Å². The third-order valence-electron chi connectivity index (χ3n) is 11.5. The van der Waals surface area contributed by atoms with Gasteiger partial charge in [-0.05, 0) is 36.4 Å². The Morgan fingerprint density at radius 1 is 0.574 bits per heavy atom. The van der Waals surface area contributed by atoms with Gasteiger partial charge in [0.1, 0.15) is 12.7 Å². The highest BCUT2D eigenvalue weighted by atomic mass is 16.8. The Bertz CT molecular complexity index is 3020. The molecule has 0 radical (unpaired) electrons. The highest BCUT2D eigenvalue weighted by molar-refractivity contribution is 6.10. The number of hydrogen-bond acceptors (Lipinski definition) is 27. The number of cyclic esters (lactones) is 1. The molecule has 0 saturated carbocycles. The first-order valence-electron chi connectivity index (χ1n) is 19.1. The van der Waals surface area contributed by atoms with Crippen molar-refractivity contribution in [3.8, 4) is 80.1 Å². The van der Waals surface area contributed by atoms with Crippen LogP contribution in [0.2, 0.25) is 0 Å². The van der Waals surface area contributed by atoms with Gasteiger partial charge in [0.15, 0.2) is 64.0 Å². The van der Waals surface area contributed by atoms with Crippen LogP contribution < -0.4 is 4.74 Å².